The van der Waals surface area contributed by atoms with Crippen molar-refractivity contribution >= 4 is 25.7 Å². The Morgan fingerprint density at radius 3 is 2.10 bits per heavy atom. The minimum atomic E-state index is 0.479. The van der Waals surface area contributed by atoms with Gasteiger partial charge in [-0.2, -0.15) is 0 Å². The molecule has 0 aliphatic carbocycles. The number of hydrogen-bond donors (Lipinski definition) is 0. The quantitative estimate of drug-likeness (QED) is 0.448. The predicted molar refractivity (Wildman–Crippen MR) is 57.4 cm³/mol. The van der Waals surface area contributed by atoms with Crippen molar-refractivity contribution in [1.29, 1.82) is 0 Å². The van der Waals surface area contributed by atoms with E-state index in [0.717, 1.165) is 0 Å². The highest BCUT2D eigenvalue weighted by molar-refractivity contribution is 8.14. The molecule has 0 spiro atoms. The van der Waals surface area contributed by atoms with Crippen molar-refractivity contribution < 1.29 is 0 Å². The van der Waals surface area contributed by atoms with Crippen LogP contribution in [-0.4, -0.2) is 26.8 Å². The average molecular weight is 174 g/mol. The summed E-state index contributed by atoms with van der Waals surface area (Å²) in [7, 11) is 1.69. The molecule has 0 amide bonds. The largest absolute Gasteiger partial charge is 0.144 e. The van der Waals surface area contributed by atoms with Gasteiger partial charge in [0.05, 0.1) is 0 Å². The Morgan fingerprint density at radius 1 is 1.30 bits per heavy atom. The van der Waals surface area contributed by atoms with Crippen LogP contribution in [0.3, 0.4) is 0 Å². The molecule has 60 valence electrons. The third-order valence-corrected chi connectivity index (χ3v) is 4.90. The SMILES string of the molecule is CCC([SiH3])=C=S(CC)CC. The maximum absolute atomic E-state index is 3.57. The van der Waals surface area contributed by atoms with Crippen molar-refractivity contribution in [2.24, 2.45) is 0 Å². The topological polar surface area (TPSA) is 0 Å². The van der Waals surface area contributed by atoms with Crippen LogP contribution in [0, 0.1) is 0 Å². The molecule has 0 aromatic carbocycles. The van der Waals surface area contributed by atoms with E-state index in [1.165, 1.54) is 28.2 Å². The molecule has 0 aliphatic heterocycles. The lowest BCUT2D eigenvalue weighted by atomic mass is 10.5. The molecule has 0 N–H and O–H groups in total. The van der Waals surface area contributed by atoms with Crippen LogP contribution in [-0.2, 0) is 0 Å². The molecule has 0 atom stereocenters. The van der Waals surface area contributed by atoms with E-state index in [2.05, 4.69) is 25.8 Å². The molecule has 0 bridgehead atoms. The Labute approximate surface area is 70.1 Å². The molecule has 0 saturated carbocycles. The van der Waals surface area contributed by atoms with E-state index in [1.807, 2.05) is 0 Å². The van der Waals surface area contributed by atoms with Gasteiger partial charge in [0.15, 0.2) is 0 Å². The van der Waals surface area contributed by atoms with Crippen molar-refractivity contribution in [1.82, 2.24) is 0 Å². The molecular weight excluding hydrogens is 156 g/mol. The average Bonchev–Trinajstić information content (AvgIpc) is 1.99. The second-order valence-electron chi connectivity index (χ2n) is 2.31. The van der Waals surface area contributed by atoms with E-state index >= 15 is 0 Å². The van der Waals surface area contributed by atoms with E-state index in [0.29, 0.717) is 10.5 Å². The van der Waals surface area contributed by atoms with Crippen LogP contribution in [0.2, 0.25) is 0 Å². The summed E-state index contributed by atoms with van der Waals surface area (Å²) in [6.07, 6.45) is 1.22. The van der Waals surface area contributed by atoms with Gasteiger partial charge in [0, 0.05) is 10.2 Å². The molecule has 0 unspecified atom stereocenters. The molecule has 0 aliphatic rings. The third kappa shape index (κ3) is 4.10. The Hall–Kier alpha value is 0.217. The number of hydrogen-bond acceptors (Lipinski definition) is 0. The Bertz CT molecular complexity index is 149. The monoisotopic (exact) mass is 174 g/mol. The fraction of sp³-hybridized carbons (Fsp3) is 0.750. The van der Waals surface area contributed by atoms with E-state index in [-0.39, 0.29) is 0 Å². The second kappa shape index (κ2) is 5.96. The summed E-state index contributed by atoms with van der Waals surface area (Å²) in [4.78, 5) is 0. The summed E-state index contributed by atoms with van der Waals surface area (Å²) in [5.74, 6) is 2.56. The lowest BCUT2D eigenvalue weighted by Gasteiger charge is -1.97. The van der Waals surface area contributed by atoms with Gasteiger partial charge in [-0.3, -0.25) is 0 Å². The third-order valence-electron chi connectivity index (χ3n) is 1.55. The molecule has 0 rings (SSSR count). The van der Waals surface area contributed by atoms with E-state index < -0.39 is 0 Å². The smallest absolute Gasteiger partial charge is 0.0439 e. The first-order chi connectivity index (χ1) is 4.74. The minimum absolute atomic E-state index is 0.479. The van der Waals surface area contributed by atoms with Crippen LogP contribution < -0.4 is 0 Å². The highest BCUT2D eigenvalue weighted by atomic mass is 32.2. The van der Waals surface area contributed by atoms with Crippen molar-refractivity contribution in [2.45, 2.75) is 27.2 Å². The van der Waals surface area contributed by atoms with Crippen molar-refractivity contribution in [3.05, 3.63) is 5.20 Å². The highest BCUT2D eigenvalue weighted by Gasteiger charge is 1.84. The molecule has 10 heavy (non-hydrogen) atoms. The standard InChI is InChI=1S/C8H18SSi/c1-4-8(10)7-9(5-2)6-3/h4-6H2,1-3,10H3. The van der Waals surface area contributed by atoms with Gasteiger partial charge < -0.3 is 0 Å². The molecule has 2 heteroatoms. The molecule has 0 aromatic heterocycles. The van der Waals surface area contributed by atoms with Crippen LogP contribution in [0.4, 0.5) is 0 Å². The Balaban J connectivity index is 4.33. The van der Waals surface area contributed by atoms with Gasteiger partial charge in [-0.15, -0.1) is 10.5 Å². The summed E-state index contributed by atoms with van der Waals surface area (Å²) in [6, 6.07) is 0. The first-order valence-corrected chi connectivity index (χ1v) is 6.57. The fourth-order valence-corrected chi connectivity index (χ4v) is 2.87. The fourth-order valence-electron chi connectivity index (χ4n) is 0.667. The zero-order valence-corrected chi connectivity index (χ0v) is 10.3. The van der Waals surface area contributed by atoms with Crippen LogP contribution in [0.25, 0.3) is 0 Å². The zero-order chi connectivity index (χ0) is 7.98. The van der Waals surface area contributed by atoms with Gasteiger partial charge in [0.25, 0.3) is 0 Å². The van der Waals surface area contributed by atoms with E-state index in [9.17, 15) is 0 Å². The van der Waals surface area contributed by atoms with Crippen molar-refractivity contribution in [3.8, 4) is 0 Å². The van der Waals surface area contributed by atoms with E-state index in [1.54, 1.807) is 5.20 Å². The zero-order valence-electron chi connectivity index (χ0n) is 7.53. The predicted octanol–water partition coefficient (Wildman–Crippen LogP) is 1.36. The summed E-state index contributed by atoms with van der Waals surface area (Å²) in [6.45, 7) is 6.73. The molecule has 0 fully saturated rings. The van der Waals surface area contributed by atoms with Gasteiger partial charge in [0.2, 0.25) is 0 Å². The molecule has 0 saturated heterocycles. The Morgan fingerprint density at radius 2 is 1.80 bits per heavy atom. The first kappa shape index (κ1) is 10.2. The molecule has 0 radical (unpaired) electrons. The number of rotatable bonds is 3. The van der Waals surface area contributed by atoms with Gasteiger partial charge in [-0.1, -0.05) is 25.8 Å². The molecule has 0 nitrogen and oxygen atoms in total. The highest BCUT2D eigenvalue weighted by Crippen LogP contribution is 2.08. The Kier molecular flexibility index (Phi) is 6.09. The maximum Gasteiger partial charge on any atom is 0.0439 e. The summed E-state index contributed by atoms with van der Waals surface area (Å²) in [5.41, 5.74) is 0. The minimum Gasteiger partial charge on any atom is -0.144 e. The van der Waals surface area contributed by atoms with Gasteiger partial charge in [0.1, 0.15) is 0 Å². The lowest BCUT2D eigenvalue weighted by Crippen LogP contribution is -1.83. The second-order valence-corrected chi connectivity index (χ2v) is 5.86. The van der Waals surface area contributed by atoms with Gasteiger partial charge >= 0.3 is 0 Å². The maximum atomic E-state index is 3.57. The van der Waals surface area contributed by atoms with Crippen molar-refractivity contribution in [3.63, 3.8) is 0 Å². The molecule has 0 aromatic rings. The van der Waals surface area contributed by atoms with Crippen molar-refractivity contribution in [2.75, 3.05) is 11.5 Å². The van der Waals surface area contributed by atoms with Gasteiger partial charge in [-0.25, -0.2) is 0 Å². The summed E-state index contributed by atoms with van der Waals surface area (Å²) >= 11 is 0. The van der Waals surface area contributed by atoms with Crippen LogP contribution >= 0.6 is 10.5 Å². The molecule has 0 heterocycles. The number of allylic oxidation sites excluding steroid dienone is 1. The normalized spacial score (nSPS) is 10.0. The van der Waals surface area contributed by atoms with Crippen LogP contribution in [0.1, 0.15) is 27.2 Å². The van der Waals surface area contributed by atoms with E-state index in [4.69, 9.17) is 0 Å². The molecular formula is C8H18SSi. The lowest BCUT2D eigenvalue weighted by molar-refractivity contribution is 1.21. The van der Waals surface area contributed by atoms with Crippen LogP contribution in [0.15, 0.2) is 5.20 Å². The van der Waals surface area contributed by atoms with Gasteiger partial charge in [-0.05, 0) is 23.1 Å². The summed E-state index contributed by atoms with van der Waals surface area (Å²) < 4.78 is 0. The first-order valence-electron chi connectivity index (χ1n) is 4.01. The van der Waals surface area contributed by atoms with Crippen LogP contribution in [0.5, 0.6) is 0 Å². The summed E-state index contributed by atoms with van der Waals surface area (Å²) in [5, 5.41) is 5.13.